The molecule has 0 saturated heterocycles. The van der Waals surface area contributed by atoms with Crippen LogP contribution in [0.5, 0.6) is 0 Å². The summed E-state index contributed by atoms with van der Waals surface area (Å²) in [5, 5.41) is 11.3. The lowest BCUT2D eigenvalue weighted by Crippen LogP contribution is -2.31. The summed E-state index contributed by atoms with van der Waals surface area (Å²) in [5.74, 6) is 0.907. The van der Waals surface area contributed by atoms with Crippen molar-refractivity contribution in [2.45, 2.75) is 30.8 Å². The largest absolute Gasteiger partial charge is 0.467 e. The molecule has 2 aromatic carbocycles. The highest BCUT2D eigenvalue weighted by Gasteiger charge is 2.36. The number of hydrogen-bond donors (Lipinski definition) is 2. The number of nitrogens with zero attached hydrogens (tertiary/aromatic N) is 3. The van der Waals surface area contributed by atoms with Crippen LogP contribution in [-0.4, -0.2) is 20.7 Å². The van der Waals surface area contributed by atoms with E-state index in [9.17, 15) is 9.18 Å². The second-order valence-corrected chi connectivity index (χ2v) is 8.84. The van der Waals surface area contributed by atoms with Crippen molar-refractivity contribution in [2.24, 2.45) is 0 Å². The van der Waals surface area contributed by atoms with E-state index in [1.54, 1.807) is 35.2 Å². The fraction of sp³-hybridized carbons (Fsp3) is 0.160. The third-order valence-electron chi connectivity index (χ3n) is 5.60. The molecule has 1 amide bonds. The predicted octanol–water partition coefficient (Wildman–Crippen LogP) is 5.54. The highest BCUT2D eigenvalue weighted by atomic mass is 32.2. The molecule has 5 rings (SSSR count). The van der Waals surface area contributed by atoms with Gasteiger partial charge in [0.15, 0.2) is 0 Å². The lowest BCUT2D eigenvalue weighted by Gasteiger charge is -2.27. The van der Waals surface area contributed by atoms with Gasteiger partial charge < -0.3 is 15.1 Å². The molecule has 3 heterocycles. The molecular formula is C25H22FN5O2S. The number of amides is 1. The van der Waals surface area contributed by atoms with Crippen molar-refractivity contribution in [3.05, 3.63) is 101 Å². The molecule has 0 spiro atoms. The fourth-order valence-electron chi connectivity index (χ4n) is 3.86. The zero-order chi connectivity index (χ0) is 23.7. The van der Waals surface area contributed by atoms with Gasteiger partial charge in [-0.2, -0.15) is 4.98 Å². The minimum absolute atomic E-state index is 0.262. The number of benzene rings is 2. The van der Waals surface area contributed by atoms with E-state index < -0.39 is 6.04 Å². The van der Waals surface area contributed by atoms with Gasteiger partial charge in [0.1, 0.15) is 17.6 Å². The first kappa shape index (κ1) is 22.0. The Morgan fingerprint density at radius 1 is 1.15 bits per heavy atom. The molecule has 1 aliphatic heterocycles. The maximum absolute atomic E-state index is 14.0. The average molecular weight is 476 g/mol. The fourth-order valence-corrected chi connectivity index (χ4v) is 4.67. The monoisotopic (exact) mass is 475 g/mol. The number of thioether (sulfide) groups is 1. The maximum Gasteiger partial charge on any atom is 0.256 e. The number of nitrogens with one attached hydrogen (secondary N) is 2. The van der Waals surface area contributed by atoms with Crippen molar-refractivity contribution >= 4 is 29.3 Å². The highest BCUT2D eigenvalue weighted by Crippen LogP contribution is 2.37. The smallest absolute Gasteiger partial charge is 0.256 e. The number of aryl methyl sites for hydroxylation is 1. The number of aromatic nitrogens is 3. The summed E-state index contributed by atoms with van der Waals surface area (Å²) < 4.78 is 21.4. The highest BCUT2D eigenvalue weighted by molar-refractivity contribution is 7.98. The van der Waals surface area contributed by atoms with Gasteiger partial charge in [0.05, 0.1) is 11.8 Å². The number of hydrogen-bond acceptors (Lipinski definition) is 6. The molecule has 34 heavy (non-hydrogen) atoms. The summed E-state index contributed by atoms with van der Waals surface area (Å²) in [5.41, 5.74) is 3.39. The van der Waals surface area contributed by atoms with Crippen LogP contribution in [0.4, 0.5) is 16.0 Å². The Bertz CT molecular complexity index is 1380. The summed E-state index contributed by atoms with van der Waals surface area (Å²) in [7, 11) is 0. The third kappa shape index (κ3) is 4.22. The van der Waals surface area contributed by atoms with Crippen molar-refractivity contribution < 1.29 is 13.6 Å². The number of halogens is 1. The number of allylic oxidation sites excluding steroid dienone is 1. The second-order valence-electron chi connectivity index (χ2n) is 7.89. The van der Waals surface area contributed by atoms with E-state index in [1.807, 2.05) is 44.2 Å². The van der Waals surface area contributed by atoms with Crippen LogP contribution in [0, 0.1) is 12.7 Å². The van der Waals surface area contributed by atoms with E-state index in [2.05, 4.69) is 20.7 Å². The van der Waals surface area contributed by atoms with E-state index in [0.717, 1.165) is 11.3 Å². The summed E-state index contributed by atoms with van der Waals surface area (Å²) >= 11 is 1.32. The molecule has 7 nitrogen and oxygen atoms in total. The molecule has 0 fully saturated rings. The lowest BCUT2D eigenvalue weighted by molar-refractivity contribution is -0.113. The maximum atomic E-state index is 14.0. The molecular weight excluding hydrogens is 453 g/mol. The molecule has 1 aliphatic rings. The zero-order valence-electron chi connectivity index (χ0n) is 18.6. The standard InChI is InChI=1S/C25H22FN5O2S/c1-15-8-3-6-11-19(15)28-23(32)21-16(2)27-24-29-25(34-14-17-9-4-5-10-18(17)26)30-31(24)22(21)20-12-7-13-33-20/h3-13,22H,14H2,1-2H3,(H,28,32)(H,27,29,30). The van der Waals surface area contributed by atoms with E-state index in [-0.39, 0.29) is 11.7 Å². The van der Waals surface area contributed by atoms with Crippen LogP contribution in [0.1, 0.15) is 29.9 Å². The van der Waals surface area contributed by atoms with Crippen molar-refractivity contribution in [2.75, 3.05) is 10.6 Å². The molecule has 2 N–H and O–H groups in total. The molecule has 4 aromatic rings. The van der Waals surface area contributed by atoms with Crippen LogP contribution in [0.15, 0.2) is 87.8 Å². The van der Waals surface area contributed by atoms with Crippen molar-refractivity contribution in [1.29, 1.82) is 0 Å². The van der Waals surface area contributed by atoms with E-state index in [4.69, 9.17) is 4.42 Å². The zero-order valence-corrected chi connectivity index (χ0v) is 19.4. The summed E-state index contributed by atoms with van der Waals surface area (Å²) in [4.78, 5) is 18.0. The molecule has 172 valence electrons. The number of para-hydroxylation sites is 1. The van der Waals surface area contributed by atoms with Gasteiger partial charge in [0.25, 0.3) is 5.91 Å². The van der Waals surface area contributed by atoms with Gasteiger partial charge >= 0.3 is 0 Å². The van der Waals surface area contributed by atoms with Gasteiger partial charge in [0, 0.05) is 17.1 Å². The molecule has 1 atom stereocenters. The van der Waals surface area contributed by atoms with Crippen molar-refractivity contribution in [3.8, 4) is 0 Å². The van der Waals surface area contributed by atoms with Crippen LogP contribution in [0.3, 0.4) is 0 Å². The van der Waals surface area contributed by atoms with Gasteiger partial charge in [-0.3, -0.25) is 4.79 Å². The number of carbonyl (C=O) groups is 1. The minimum Gasteiger partial charge on any atom is -0.467 e. The van der Waals surface area contributed by atoms with E-state index in [0.29, 0.717) is 39.5 Å². The Labute approximate surface area is 200 Å². The molecule has 0 aliphatic carbocycles. The molecule has 0 saturated carbocycles. The summed E-state index contributed by atoms with van der Waals surface area (Å²) in [6, 6.07) is 17.2. The van der Waals surface area contributed by atoms with Gasteiger partial charge in [-0.25, -0.2) is 9.07 Å². The van der Waals surface area contributed by atoms with Gasteiger partial charge in [-0.1, -0.05) is 48.2 Å². The van der Waals surface area contributed by atoms with Gasteiger partial charge in [0.2, 0.25) is 11.1 Å². The average Bonchev–Trinajstić information content (AvgIpc) is 3.49. The number of rotatable bonds is 6. The number of carbonyl (C=O) groups excluding carboxylic acids is 1. The quantitative estimate of drug-likeness (QED) is 0.356. The first-order chi connectivity index (χ1) is 16.5. The minimum atomic E-state index is -0.606. The Morgan fingerprint density at radius 2 is 1.94 bits per heavy atom. The van der Waals surface area contributed by atoms with Crippen molar-refractivity contribution in [1.82, 2.24) is 14.8 Å². The number of fused-ring (bicyclic) bond motifs is 1. The summed E-state index contributed by atoms with van der Waals surface area (Å²) in [6.45, 7) is 3.77. The van der Waals surface area contributed by atoms with Crippen LogP contribution in [0.2, 0.25) is 0 Å². The van der Waals surface area contributed by atoms with Gasteiger partial charge in [-0.05, 0) is 49.2 Å². The Kier molecular flexibility index (Phi) is 5.93. The lowest BCUT2D eigenvalue weighted by atomic mass is 10.00. The Balaban J connectivity index is 1.46. The second kappa shape index (κ2) is 9.18. The molecule has 9 heteroatoms. The molecule has 2 aromatic heterocycles. The Hall–Kier alpha value is -3.85. The summed E-state index contributed by atoms with van der Waals surface area (Å²) in [6.07, 6.45) is 1.56. The van der Waals surface area contributed by atoms with E-state index in [1.165, 1.54) is 17.8 Å². The molecule has 0 bridgehead atoms. The third-order valence-corrected chi connectivity index (χ3v) is 6.48. The van der Waals surface area contributed by atoms with Crippen LogP contribution >= 0.6 is 11.8 Å². The van der Waals surface area contributed by atoms with Crippen LogP contribution in [0.25, 0.3) is 0 Å². The van der Waals surface area contributed by atoms with Crippen LogP contribution in [-0.2, 0) is 10.5 Å². The van der Waals surface area contributed by atoms with Gasteiger partial charge in [-0.15, -0.1) is 5.10 Å². The molecule has 1 unspecified atom stereocenters. The number of anilines is 2. The first-order valence-electron chi connectivity index (χ1n) is 10.7. The van der Waals surface area contributed by atoms with Crippen LogP contribution < -0.4 is 10.6 Å². The first-order valence-corrected chi connectivity index (χ1v) is 11.7. The Morgan fingerprint density at radius 3 is 2.71 bits per heavy atom. The SMILES string of the molecule is CC1=C(C(=O)Nc2ccccc2C)C(c2ccco2)n2nc(SCc3ccccc3F)nc2N1. The normalized spacial score (nSPS) is 15.1. The topological polar surface area (TPSA) is 85.0 Å². The number of furan rings is 1. The predicted molar refractivity (Wildman–Crippen MR) is 129 cm³/mol. The van der Waals surface area contributed by atoms with Crippen molar-refractivity contribution in [3.63, 3.8) is 0 Å². The van der Waals surface area contributed by atoms with E-state index >= 15 is 0 Å². The molecule has 0 radical (unpaired) electrons.